The summed E-state index contributed by atoms with van der Waals surface area (Å²) in [5, 5.41) is 12.1. The number of ether oxygens (including phenoxy) is 1. The molecule has 1 amide bonds. The van der Waals surface area contributed by atoms with Crippen LogP contribution in [-0.4, -0.2) is 24.2 Å². The Morgan fingerprint density at radius 3 is 2.45 bits per heavy atom. The summed E-state index contributed by atoms with van der Waals surface area (Å²) in [6.45, 7) is 10.7. The van der Waals surface area contributed by atoms with Crippen LogP contribution in [0.1, 0.15) is 39.7 Å². The number of hydrogen-bond donors (Lipinski definition) is 2. The predicted molar refractivity (Wildman–Crippen MR) is 82.2 cm³/mol. The van der Waals surface area contributed by atoms with Gasteiger partial charge in [-0.15, -0.1) is 0 Å². The van der Waals surface area contributed by atoms with Crippen molar-refractivity contribution in [3.8, 4) is 11.5 Å². The van der Waals surface area contributed by atoms with E-state index in [4.69, 9.17) is 4.74 Å². The highest BCUT2D eigenvalue weighted by Gasteiger charge is 2.04. The highest BCUT2D eigenvalue weighted by atomic mass is 16.5. The molecule has 4 nitrogen and oxygen atoms in total. The van der Waals surface area contributed by atoms with E-state index >= 15 is 0 Å². The molecule has 0 atom stereocenters. The second kappa shape index (κ2) is 10.1. The van der Waals surface area contributed by atoms with Crippen LogP contribution >= 0.6 is 0 Å². The first-order valence-electron chi connectivity index (χ1n) is 7.09. The van der Waals surface area contributed by atoms with E-state index in [1.54, 1.807) is 25.1 Å². The lowest BCUT2D eigenvalue weighted by molar-refractivity contribution is -0.123. The molecule has 114 valence electrons. The van der Waals surface area contributed by atoms with E-state index in [1.807, 2.05) is 13.8 Å². The van der Waals surface area contributed by atoms with Crippen LogP contribution in [0, 0.1) is 12.8 Å². The molecule has 1 aromatic carbocycles. The van der Waals surface area contributed by atoms with Crippen LogP contribution in [0.5, 0.6) is 11.5 Å². The van der Waals surface area contributed by atoms with Crippen molar-refractivity contribution < 1.29 is 14.6 Å². The minimum absolute atomic E-state index is 0.00304. The summed E-state index contributed by atoms with van der Waals surface area (Å²) >= 11 is 0. The standard InChI is InChI=1S/C13H19NO3.C3H8/c1-9(2)7-14-13(16)8-17-11-4-5-12(15)10(3)6-11;1-3-2/h4-6,9,15H,7-8H2,1-3H3,(H,14,16);3H2,1-2H3. The van der Waals surface area contributed by atoms with Crippen LogP contribution in [0.25, 0.3) is 0 Å². The number of amides is 1. The number of benzene rings is 1. The molecule has 1 aromatic rings. The molecule has 0 unspecified atom stereocenters. The van der Waals surface area contributed by atoms with Gasteiger partial charge < -0.3 is 15.2 Å². The molecule has 0 spiro atoms. The summed E-state index contributed by atoms with van der Waals surface area (Å²) in [4.78, 5) is 11.4. The van der Waals surface area contributed by atoms with Crippen LogP contribution in [0.3, 0.4) is 0 Å². The van der Waals surface area contributed by atoms with Gasteiger partial charge in [-0.1, -0.05) is 34.1 Å². The van der Waals surface area contributed by atoms with Gasteiger partial charge >= 0.3 is 0 Å². The number of rotatable bonds is 5. The first-order chi connectivity index (χ1) is 9.40. The molecule has 2 N–H and O–H groups in total. The summed E-state index contributed by atoms with van der Waals surface area (Å²) in [5.41, 5.74) is 0.727. The minimum Gasteiger partial charge on any atom is -0.508 e. The Bertz CT molecular complexity index is 403. The number of aromatic hydroxyl groups is 1. The van der Waals surface area contributed by atoms with Gasteiger partial charge in [-0.2, -0.15) is 0 Å². The fourth-order valence-corrected chi connectivity index (χ4v) is 1.24. The van der Waals surface area contributed by atoms with Gasteiger partial charge in [0, 0.05) is 6.54 Å². The summed E-state index contributed by atoms with van der Waals surface area (Å²) in [6, 6.07) is 4.89. The fourth-order valence-electron chi connectivity index (χ4n) is 1.24. The Morgan fingerprint density at radius 2 is 1.95 bits per heavy atom. The van der Waals surface area contributed by atoms with E-state index in [0.717, 1.165) is 5.56 Å². The fraction of sp³-hybridized carbons (Fsp3) is 0.562. The number of aryl methyl sites for hydroxylation is 1. The molecule has 0 saturated heterocycles. The first kappa shape index (κ1) is 18.3. The van der Waals surface area contributed by atoms with Crippen LogP contribution in [-0.2, 0) is 4.79 Å². The summed E-state index contributed by atoms with van der Waals surface area (Å²) in [5.74, 6) is 1.10. The molecule has 0 fully saturated rings. The van der Waals surface area contributed by atoms with Crippen molar-refractivity contribution in [2.75, 3.05) is 13.2 Å². The van der Waals surface area contributed by atoms with Crippen LogP contribution in [0.4, 0.5) is 0 Å². The van der Waals surface area contributed by atoms with Crippen LogP contribution in [0.15, 0.2) is 18.2 Å². The SMILES string of the molecule is CCC.Cc1cc(OCC(=O)NCC(C)C)ccc1O. The van der Waals surface area contributed by atoms with E-state index in [2.05, 4.69) is 19.2 Å². The zero-order chi connectivity index (χ0) is 15.5. The number of phenols is 1. The van der Waals surface area contributed by atoms with Gasteiger partial charge in [0.1, 0.15) is 11.5 Å². The van der Waals surface area contributed by atoms with Gasteiger partial charge in [-0.05, 0) is 36.6 Å². The van der Waals surface area contributed by atoms with Gasteiger partial charge in [0.25, 0.3) is 5.91 Å². The van der Waals surface area contributed by atoms with E-state index in [9.17, 15) is 9.90 Å². The molecular formula is C16H27NO3. The molecule has 4 heteroatoms. The van der Waals surface area contributed by atoms with E-state index in [-0.39, 0.29) is 18.3 Å². The van der Waals surface area contributed by atoms with Gasteiger partial charge in [-0.3, -0.25) is 4.79 Å². The van der Waals surface area contributed by atoms with E-state index in [0.29, 0.717) is 18.2 Å². The third-order valence-electron chi connectivity index (χ3n) is 2.25. The predicted octanol–water partition coefficient (Wildman–Crippen LogP) is 3.27. The zero-order valence-corrected chi connectivity index (χ0v) is 13.2. The second-order valence-electron chi connectivity index (χ2n) is 5.14. The summed E-state index contributed by atoms with van der Waals surface area (Å²) < 4.78 is 5.31. The topological polar surface area (TPSA) is 58.6 Å². The zero-order valence-electron chi connectivity index (χ0n) is 13.2. The molecule has 0 aliphatic carbocycles. The lowest BCUT2D eigenvalue weighted by Crippen LogP contribution is -2.31. The number of phenolic OH excluding ortho intramolecular Hbond substituents is 1. The maximum atomic E-state index is 11.4. The highest BCUT2D eigenvalue weighted by molar-refractivity contribution is 5.77. The monoisotopic (exact) mass is 281 g/mol. The Morgan fingerprint density at radius 1 is 1.35 bits per heavy atom. The Hall–Kier alpha value is -1.71. The molecule has 0 bridgehead atoms. The Labute approximate surface area is 122 Å². The Balaban J connectivity index is 0.00000110. The average Bonchev–Trinajstić information content (AvgIpc) is 2.38. The van der Waals surface area contributed by atoms with Gasteiger partial charge in [0.05, 0.1) is 0 Å². The van der Waals surface area contributed by atoms with Crippen molar-refractivity contribution in [1.29, 1.82) is 0 Å². The van der Waals surface area contributed by atoms with Gasteiger partial charge in [0.2, 0.25) is 0 Å². The third kappa shape index (κ3) is 8.40. The maximum Gasteiger partial charge on any atom is 0.257 e. The number of hydrogen-bond acceptors (Lipinski definition) is 3. The number of nitrogens with one attached hydrogen (secondary N) is 1. The Kier molecular flexibility index (Phi) is 9.26. The average molecular weight is 281 g/mol. The van der Waals surface area contributed by atoms with Crippen molar-refractivity contribution >= 4 is 5.91 Å². The molecule has 20 heavy (non-hydrogen) atoms. The van der Waals surface area contributed by atoms with Crippen molar-refractivity contribution in [2.24, 2.45) is 5.92 Å². The smallest absolute Gasteiger partial charge is 0.257 e. The largest absolute Gasteiger partial charge is 0.508 e. The normalized spacial score (nSPS) is 9.70. The van der Waals surface area contributed by atoms with E-state index < -0.39 is 0 Å². The molecule has 0 heterocycles. The third-order valence-corrected chi connectivity index (χ3v) is 2.25. The quantitative estimate of drug-likeness (QED) is 0.871. The molecule has 0 aliphatic heterocycles. The van der Waals surface area contributed by atoms with Crippen molar-refractivity contribution in [1.82, 2.24) is 5.32 Å². The molecule has 0 aliphatic rings. The lowest BCUT2D eigenvalue weighted by atomic mass is 10.2. The lowest BCUT2D eigenvalue weighted by Gasteiger charge is -2.09. The van der Waals surface area contributed by atoms with Crippen molar-refractivity contribution in [2.45, 2.75) is 41.0 Å². The van der Waals surface area contributed by atoms with Gasteiger partial charge in [-0.25, -0.2) is 0 Å². The minimum atomic E-state index is -0.135. The maximum absolute atomic E-state index is 11.4. The van der Waals surface area contributed by atoms with Crippen molar-refractivity contribution in [3.05, 3.63) is 23.8 Å². The number of carbonyl (C=O) groups excluding carboxylic acids is 1. The van der Waals surface area contributed by atoms with Crippen LogP contribution in [0.2, 0.25) is 0 Å². The van der Waals surface area contributed by atoms with Crippen molar-refractivity contribution in [3.63, 3.8) is 0 Å². The molecule has 0 aromatic heterocycles. The summed E-state index contributed by atoms with van der Waals surface area (Å²) in [7, 11) is 0. The first-order valence-corrected chi connectivity index (χ1v) is 7.09. The molecule has 0 radical (unpaired) electrons. The number of carbonyl (C=O) groups is 1. The van der Waals surface area contributed by atoms with E-state index in [1.165, 1.54) is 6.42 Å². The highest BCUT2D eigenvalue weighted by Crippen LogP contribution is 2.21. The summed E-state index contributed by atoms with van der Waals surface area (Å²) in [6.07, 6.45) is 1.25. The molecular weight excluding hydrogens is 254 g/mol. The van der Waals surface area contributed by atoms with Gasteiger partial charge in [0.15, 0.2) is 6.61 Å². The molecule has 1 rings (SSSR count). The molecule has 0 saturated carbocycles. The van der Waals surface area contributed by atoms with Crippen LogP contribution < -0.4 is 10.1 Å². The second-order valence-corrected chi connectivity index (χ2v) is 5.14.